The summed E-state index contributed by atoms with van der Waals surface area (Å²) in [6.45, 7) is 0.568. The second-order valence-electron chi connectivity index (χ2n) is 9.33. The van der Waals surface area contributed by atoms with Gasteiger partial charge in [-0.2, -0.15) is 5.10 Å². The van der Waals surface area contributed by atoms with Gasteiger partial charge in [0.15, 0.2) is 0 Å². The fourth-order valence-corrected chi connectivity index (χ4v) is 4.84. The molecule has 8 heteroatoms. The minimum Gasteiger partial charge on any atom is -0.342 e. The van der Waals surface area contributed by atoms with Crippen LogP contribution in [0.3, 0.4) is 0 Å². The molecule has 3 aromatic rings. The number of rotatable bonds is 7. The maximum Gasteiger partial charge on any atom is 0.253 e. The molecule has 184 valence electrons. The molecule has 0 radical (unpaired) electrons. The number of allylic oxidation sites excluding steroid dienone is 2. The number of aromatic amines is 1. The predicted molar refractivity (Wildman–Crippen MR) is 137 cm³/mol. The summed E-state index contributed by atoms with van der Waals surface area (Å²) in [5.74, 6) is -1.13. The Bertz CT molecular complexity index is 1300. The molecule has 5 rings (SSSR count). The van der Waals surface area contributed by atoms with Crippen LogP contribution in [0, 0.1) is 11.8 Å². The summed E-state index contributed by atoms with van der Waals surface area (Å²) in [5.41, 5.74) is 6.67. The first-order chi connectivity index (χ1) is 17.5. The molecule has 36 heavy (non-hydrogen) atoms. The van der Waals surface area contributed by atoms with E-state index in [1.807, 2.05) is 48.6 Å². The van der Waals surface area contributed by atoms with Crippen LogP contribution >= 0.6 is 0 Å². The minimum atomic E-state index is -0.365. The third kappa shape index (κ3) is 4.79. The molecule has 8 nitrogen and oxygen atoms in total. The van der Waals surface area contributed by atoms with E-state index in [2.05, 4.69) is 15.6 Å². The zero-order valence-electron chi connectivity index (χ0n) is 20.2. The maximum atomic E-state index is 13.1. The van der Waals surface area contributed by atoms with Gasteiger partial charge in [0.25, 0.3) is 5.91 Å². The molecule has 1 saturated heterocycles. The molecular weight excluding hydrogens is 454 g/mol. The zero-order valence-corrected chi connectivity index (χ0v) is 20.2. The number of aromatic nitrogens is 2. The summed E-state index contributed by atoms with van der Waals surface area (Å²) in [6.07, 6.45) is 6.58. The van der Waals surface area contributed by atoms with Crippen LogP contribution < -0.4 is 10.4 Å². The summed E-state index contributed by atoms with van der Waals surface area (Å²) in [7, 11) is 1.77. The third-order valence-corrected chi connectivity index (χ3v) is 6.87. The summed E-state index contributed by atoms with van der Waals surface area (Å²) in [5, 5.41) is 8.76. The average Bonchev–Trinajstić information content (AvgIpc) is 3.40. The van der Waals surface area contributed by atoms with Gasteiger partial charge in [-0.3, -0.25) is 24.9 Å². The first kappa shape index (κ1) is 23.5. The van der Waals surface area contributed by atoms with Gasteiger partial charge >= 0.3 is 0 Å². The number of carbonyl (C=O) groups excluding carboxylic acids is 3. The Morgan fingerprint density at radius 1 is 1.03 bits per heavy atom. The number of nitrogens with one attached hydrogen (secondary N) is 2. The topological polar surface area (TPSA) is 98.4 Å². The largest absolute Gasteiger partial charge is 0.342 e. The average molecular weight is 484 g/mol. The molecule has 2 aliphatic rings. The standard InChI is InChI=1S/C28H29N5O3/c1-32(16-8-12-21-18-25(30-29-21)19-9-3-2-4-10-19)27(35)20-11-7-13-22(17-20)33-28(36)24-15-6-5-14-23(24)26(34)31-33/h2-7,9-11,13,17-18,23-24H,8,12,14-16H2,1H3,(H,29,30)(H,31,34). The maximum absolute atomic E-state index is 13.1. The minimum absolute atomic E-state index is 0.138. The number of amides is 3. The van der Waals surface area contributed by atoms with Crippen LogP contribution in [-0.4, -0.2) is 46.4 Å². The summed E-state index contributed by atoms with van der Waals surface area (Å²) in [4.78, 5) is 40.4. The van der Waals surface area contributed by atoms with Crippen molar-refractivity contribution in [2.45, 2.75) is 25.7 Å². The number of aryl methyl sites for hydroxylation is 1. The van der Waals surface area contributed by atoms with E-state index in [1.165, 1.54) is 5.01 Å². The number of H-pyrrole nitrogens is 1. The fourth-order valence-electron chi connectivity index (χ4n) is 4.84. The third-order valence-electron chi connectivity index (χ3n) is 6.87. The molecule has 3 amide bonds. The zero-order chi connectivity index (χ0) is 25.1. The number of hydrogen-bond donors (Lipinski definition) is 2. The van der Waals surface area contributed by atoms with Crippen molar-refractivity contribution in [2.75, 3.05) is 18.6 Å². The van der Waals surface area contributed by atoms with E-state index >= 15 is 0 Å². The van der Waals surface area contributed by atoms with Gasteiger partial charge in [0.2, 0.25) is 11.8 Å². The van der Waals surface area contributed by atoms with Crippen molar-refractivity contribution in [3.05, 3.63) is 84.1 Å². The highest BCUT2D eigenvalue weighted by molar-refractivity contribution is 6.05. The first-order valence-electron chi connectivity index (χ1n) is 12.3. The number of fused-ring (bicyclic) bond motifs is 1. The summed E-state index contributed by atoms with van der Waals surface area (Å²) in [6, 6.07) is 18.9. The summed E-state index contributed by atoms with van der Waals surface area (Å²) >= 11 is 0. The van der Waals surface area contributed by atoms with Gasteiger partial charge in [-0.05, 0) is 49.9 Å². The Morgan fingerprint density at radius 2 is 1.81 bits per heavy atom. The molecule has 0 spiro atoms. The van der Waals surface area contributed by atoms with E-state index in [4.69, 9.17) is 0 Å². The highest BCUT2D eigenvalue weighted by Crippen LogP contribution is 2.32. The molecule has 2 atom stereocenters. The van der Waals surface area contributed by atoms with Gasteiger partial charge in [-0.25, -0.2) is 5.01 Å². The second kappa shape index (κ2) is 10.2. The van der Waals surface area contributed by atoms with Crippen molar-refractivity contribution in [3.8, 4) is 11.3 Å². The Hall–Kier alpha value is -4.20. The number of nitrogens with zero attached hydrogens (tertiary/aromatic N) is 3. The van der Waals surface area contributed by atoms with E-state index in [-0.39, 0.29) is 29.6 Å². The van der Waals surface area contributed by atoms with Crippen molar-refractivity contribution in [3.63, 3.8) is 0 Å². The van der Waals surface area contributed by atoms with Crippen LogP contribution in [-0.2, 0) is 16.0 Å². The van der Waals surface area contributed by atoms with E-state index in [0.717, 1.165) is 29.8 Å². The lowest BCUT2D eigenvalue weighted by Gasteiger charge is -2.38. The molecule has 1 aliphatic carbocycles. The number of benzene rings is 2. The SMILES string of the molecule is CN(CCCc1cc(-c2ccccc2)n[nH]1)C(=O)c1cccc(N2NC(=O)C3CC=CCC3C2=O)c1. The predicted octanol–water partition coefficient (Wildman–Crippen LogP) is 3.74. The Kier molecular flexibility index (Phi) is 6.66. The second-order valence-corrected chi connectivity index (χ2v) is 9.33. The fraction of sp³-hybridized carbons (Fsp3) is 0.286. The lowest BCUT2D eigenvalue weighted by Crippen LogP contribution is -2.59. The molecule has 1 fully saturated rings. The van der Waals surface area contributed by atoms with Crippen molar-refractivity contribution in [1.29, 1.82) is 0 Å². The van der Waals surface area contributed by atoms with Gasteiger partial charge in [0.1, 0.15) is 0 Å². The molecule has 2 N–H and O–H groups in total. The van der Waals surface area contributed by atoms with Gasteiger partial charge in [-0.1, -0.05) is 48.6 Å². The monoisotopic (exact) mass is 483 g/mol. The molecule has 2 aromatic carbocycles. The van der Waals surface area contributed by atoms with Gasteiger partial charge in [-0.15, -0.1) is 0 Å². The number of hydrogen-bond acceptors (Lipinski definition) is 4. The Balaban J connectivity index is 1.20. The molecular formula is C28H29N5O3. The van der Waals surface area contributed by atoms with Crippen LogP contribution in [0.1, 0.15) is 35.3 Å². The van der Waals surface area contributed by atoms with Crippen LogP contribution in [0.25, 0.3) is 11.3 Å². The van der Waals surface area contributed by atoms with Gasteiger partial charge < -0.3 is 4.90 Å². The number of carbonyl (C=O) groups is 3. The van der Waals surface area contributed by atoms with Gasteiger partial charge in [0.05, 0.1) is 23.2 Å². The molecule has 0 bridgehead atoms. The smallest absolute Gasteiger partial charge is 0.253 e. The van der Waals surface area contributed by atoms with E-state index in [9.17, 15) is 14.4 Å². The van der Waals surface area contributed by atoms with Crippen LogP contribution in [0.4, 0.5) is 5.69 Å². The van der Waals surface area contributed by atoms with Crippen molar-refractivity contribution in [2.24, 2.45) is 11.8 Å². The van der Waals surface area contributed by atoms with Crippen LogP contribution in [0.2, 0.25) is 0 Å². The molecule has 2 unspecified atom stereocenters. The van der Waals surface area contributed by atoms with Crippen LogP contribution in [0.15, 0.2) is 72.8 Å². The lowest BCUT2D eigenvalue weighted by molar-refractivity contribution is -0.139. The number of anilines is 1. The van der Waals surface area contributed by atoms with Crippen molar-refractivity contribution in [1.82, 2.24) is 20.5 Å². The van der Waals surface area contributed by atoms with Crippen molar-refractivity contribution >= 4 is 23.4 Å². The van der Waals surface area contributed by atoms with E-state index in [1.54, 1.807) is 36.2 Å². The van der Waals surface area contributed by atoms with Gasteiger partial charge in [0, 0.05) is 30.4 Å². The molecule has 0 saturated carbocycles. The van der Waals surface area contributed by atoms with Crippen molar-refractivity contribution < 1.29 is 14.4 Å². The van der Waals surface area contributed by atoms with E-state index in [0.29, 0.717) is 30.6 Å². The van der Waals surface area contributed by atoms with E-state index < -0.39 is 0 Å². The highest BCUT2D eigenvalue weighted by atomic mass is 16.2. The molecule has 1 aromatic heterocycles. The van der Waals surface area contributed by atoms with Crippen LogP contribution in [0.5, 0.6) is 0 Å². The normalized spacial score (nSPS) is 19.1. The first-order valence-corrected chi connectivity index (χ1v) is 12.3. The molecule has 1 aliphatic heterocycles. The summed E-state index contributed by atoms with van der Waals surface area (Å²) < 4.78 is 0. The lowest BCUT2D eigenvalue weighted by atomic mass is 9.80. The number of hydrazine groups is 1. The highest BCUT2D eigenvalue weighted by Gasteiger charge is 2.42. The molecule has 2 heterocycles. The Morgan fingerprint density at radius 3 is 2.61 bits per heavy atom. The Labute approximate surface area is 210 Å². The quantitative estimate of drug-likeness (QED) is 0.500.